The average molecular weight is 1150 g/mol. The Balaban J connectivity index is 1.28. The molecule has 4 aliphatic heterocycles. The number of fused-ring (bicyclic) bond motifs is 1. The van der Waals surface area contributed by atoms with Gasteiger partial charge in [-0.1, -0.05) is 91.0 Å². The Morgan fingerprint density at radius 1 is 0.561 bits per heavy atom. The van der Waals surface area contributed by atoms with Crippen LogP contribution in [-0.2, 0) is 134 Å². The average Bonchev–Trinajstić information content (AvgIpc) is 3.15. The van der Waals surface area contributed by atoms with Crippen molar-refractivity contribution < 1.29 is 114 Å². The van der Waals surface area contributed by atoms with Crippen molar-refractivity contribution in [3.63, 3.8) is 0 Å². The maximum atomic E-state index is 15.1. The van der Waals surface area contributed by atoms with Crippen LogP contribution in [0.3, 0.4) is 0 Å². The van der Waals surface area contributed by atoms with Crippen molar-refractivity contribution in [3.05, 3.63) is 108 Å². The molecule has 0 saturated carbocycles. The third-order valence-electron chi connectivity index (χ3n) is 13.3. The summed E-state index contributed by atoms with van der Waals surface area (Å²) in [6.45, 7) is 5.95. The Hall–Kier alpha value is -6.94. The second-order valence-corrected chi connectivity index (χ2v) is 19.7. The van der Waals surface area contributed by atoms with E-state index < -0.39 is 172 Å². The van der Waals surface area contributed by atoms with Gasteiger partial charge in [-0.3, -0.25) is 33.6 Å². The van der Waals surface area contributed by atoms with Crippen molar-refractivity contribution >= 4 is 47.7 Å². The van der Waals surface area contributed by atoms with Crippen molar-refractivity contribution in [1.82, 2.24) is 5.32 Å². The molecule has 82 heavy (non-hydrogen) atoms. The predicted octanol–water partition coefficient (Wildman–Crippen LogP) is 3.01. The van der Waals surface area contributed by atoms with Crippen LogP contribution in [0.4, 0.5) is 0 Å². The number of rotatable bonds is 24. The molecule has 25 nitrogen and oxygen atoms in total. The first-order valence-corrected chi connectivity index (χ1v) is 26.4. The van der Waals surface area contributed by atoms with Gasteiger partial charge in [0.05, 0.1) is 38.9 Å². The van der Waals surface area contributed by atoms with Gasteiger partial charge in [-0.15, -0.1) is 0 Å². The van der Waals surface area contributed by atoms with E-state index in [1.165, 1.54) is 7.11 Å². The maximum Gasteiger partial charge on any atom is 0.367 e. The van der Waals surface area contributed by atoms with Crippen LogP contribution in [0.2, 0.25) is 0 Å². The Labute approximate surface area is 472 Å². The molecule has 4 heterocycles. The van der Waals surface area contributed by atoms with Crippen LogP contribution in [0.5, 0.6) is 0 Å². The Morgan fingerprint density at radius 3 is 1.60 bits per heavy atom. The molecule has 25 heteroatoms. The molecule has 0 radical (unpaired) electrons. The van der Waals surface area contributed by atoms with Gasteiger partial charge in [-0.05, 0) is 16.7 Å². The van der Waals surface area contributed by atoms with E-state index in [4.69, 9.17) is 75.8 Å². The number of carbonyl (C=O) groups excluding carboxylic acids is 8. The summed E-state index contributed by atoms with van der Waals surface area (Å²) in [7, 11) is 1.44. The lowest BCUT2D eigenvalue weighted by Crippen LogP contribution is -2.75. The predicted molar refractivity (Wildman–Crippen MR) is 275 cm³/mol. The molecule has 0 aliphatic carbocycles. The van der Waals surface area contributed by atoms with Crippen molar-refractivity contribution in [1.29, 1.82) is 0 Å². The number of nitrogens with one attached hydrogen (secondary N) is 1. The fraction of sp³-hybridized carbons (Fsp3) is 0.544. The van der Waals surface area contributed by atoms with Crippen LogP contribution in [0.15, 0.2) is 91.0 Å². The highest BCUT2D eigenvalue weighted by Gasteiger charge is 2.67. The molecule has 4 aliphatic rings. The van der Waals surface area contributed by atoms with Crippen LogP contribution >= 0.6 is 0 Å². The lowest BCUT2D eigenvalue weighted by molar-refractivity contribution is -0.400. The molecular formula is C57H69NO24. The molecule has 0 unspecified atom stereocenters. The number of benzene rings is 3. The Kier molecular flexibility index (Phi) is 22.4. The van der Waals surface area contributed by atoms with Crippen molar-refractivity contribution in [3.8, 4) is 0 Å². The molecule has 0 aromatic heterocycles. The molecular weight excluding hydrogens is 1080 g/mol. The number of hydrogen-bond acceptors (Lipinski definition) is 24. The lowest BCUT2D eigenvalue weighted by atomic mass is 9.86. The maximum absolute atomic E-state index is 15.1. The van der Waals surface area contributed by atoms with Gasteiger partial charge in [-0.25, -0.2) is 4.79 Å². The van der Waals surface area contributed by atoms with Crippen LogP contribution < -0.4 is 5.32 Å². The Bertz CT molecular complexity index is 2640. The molecule has 7 rings (SSSR count). The van der Waals surface area contributed by atoms with Gasteiger partial charge in [0, 0.05) is 55.6 Å². The molecule has 1 N–H and O–H groups in total. The van der Waals surface area contributed by atoms with Gasteiger partial charge in [0.1, 0.15) is 62.0 Å². The fourth-order valence-electron chi connectivity index (χ4n) is 10.00. The summed E-state index contributed by atoms with van der Waals surface area (Å²) >= 11 is 0. The summed E-state index contributed by atoms with van der Waals surface area (Å²) in [6, 6.07) is 26.7. The minimum atomic E-state index is -2.75. The standard InChI is InChI=1S/C57H69NO24/c1-31(59)58-45-41(74-34(4)62)24-57(81-49(45)47(76-36(6)64)43(75-35(5)63)28-68-32(2)60)56(66)80-53-51(82-57)48(77-37(7)65)44(29-69-33(3)61)79-55(53)73-30-42-46(70-25-38-18-12-9-13-19-38)50(71-26-39-20-14-10-15-21-39)52(54(67-8)78-42)72-27-40-22-16-11-17-23-40/h9-23,41-55H,24-30H2,1-8H3,(H,58,59)/t41-,42+,43+,44+,45+,46+,47+,48-,49+,50-,51-,52+,53+,54+,55+,57-/m0/s1. The van der Waals surface area contributed by atoms with E-state index in [1.807, 2.05) is 91.0 Å². The molecule has 1 spiro atoms. The van der Waals surface area contributed by atoms with Crippen LogP contribution in [0.25, 0.3) is 0 Å². The number of ether oxygens (including phenoxy) is 16. The van der Waals surface area contributed by atoms with E-state index in [2.05, 4.69) is 5.32 Å². The minimum absolute atomic E-state index is 0.0636. The lowest BCUT2D eigenvalue weighted by Gasteiger charge is -2.55. The van der Waals surface area contributed by atoms with Gasteiger partial charge in [0.25, 0.3) is 5.79 Å². The second-order valence-electron chi connectivity index (χ2n) is 19.7. The first kappa shape index (κ1) is 62.7. The molecule has 4 fully saturated rings. The van der Waals surface area contributed by atoms with E-state index in [0.717, 1.165) is 65.2 Å². The number of carbonyl (C=O) groups is 8. The molecule has 4 saturated heterocycles. The largest absolute Gasteiger partial charge is 0.463 e. The monoisotopic (exact) mass is 1150 g/mol. The highest BCUT2D eigenvalue weighted by Crippen LogP contribution is 2.45. The number of methoxy groups -OCH3 is 1. The molecule has 3 aromatic carbocycles. The van der Waals surface area contributed by atoms with Crippen molar-refractivity contribution in [2.75, 3.05) is 26.9 Å². The van der Waals surface area contributed by atoms with Crippen molar-refractivity contribution in [2.45, 2.75) is 172 Å². The summed E-state index contributed by atoms with van der Waals surface area (Å²) in [5, 5.41) is 2.60. The van der Waals surface area contributed by atoms with Crippen molar-refractivity contribution in [2.24, 2.45) is 0 Å². The zero-order valence-electron chi connectivity index (χ0n) is 46.6. The second kappa shape index (κ2) is 29.3. The molecule has 16 atom stereocenters. The Morgan fingerprint density at radius 2 is 1.09 bits per heavy atom. The third-order valence-corrected chi connectivity index (χ3v) is 13.3. The smallest absolute Gasteiger partial charge is 0.367 e. The molecule has 3 aromatic rings. The number of amides is 1. The summed E-state index contributed by atoms with van der Waals surface area (Å²) in [6.07, 6.45) is -21.0. The van der Waals surface area contributed by atoms with Crippen LogP contribution in [0.1, 0.15) is 71.6 Å². The first-order valence-electron chi connectivity index (χ1n) is 26.4. The molecule has 1 amide bonds. The topological polar surface area (TPSA) is 296 Å². The van der Waals surface area contributed by atoms with Gasteiger partial charge in [0.2, 0.25) is 5.91 Å². The van der Waals surface area contributed by atoms with Gasteiger partial charge in [0.15, 0.2) is 37.0 Å². The summed E-state index contributed by atoms with van der Waals surface area (Å²) in [5.41, 5.74) is 2.50. The third kappa shape index (κ3) is 16.8. The minimum Gasteiger partial charge on any atom is -0.463 e. The molecule has 446 valence electrons. The molecule has 0 bridgehead atoms. The van der Waals surface area contributed by atoms with Gasteiger partial charge >= 0.3 is 41.8 Å². The van der Waals surface area contributed by atoms with E-state index >= 15 is 4.79 Å². The van der Waals surface area contributed by atoms with E-state index in [1.54, 1.807) is 0 Å². The number of esters is 7. The first-order chi connectivity index (χ1) is 39.2. The van der Waals surface area contributed by atoms with E-state index in [9.17, 15) is 33.6 Å². The van der Waals surface area contributed by atoms with Gasteiger partial charge < -0.3 is 81.1 Å². The highest BCUT2D eigenvalue weighted by atomic mass is 16.8. The summed E-state index contributed by atoms with van der Waals surface area (Å²) < 4.78 is 98.5. The quantitative estimate of drug-likeness (QED) is 0.0996. The number of hydrogen-bond donors (Lipinski definition) is 1. The fourth-order valence-corrected chi connectivity index (χ4v) is 10.00. The van der Waals surface area contributed by atoms with E-state index in [-0.39, 0.29) is 19.8 Å². The zero-order chi connectivity index (χ0) is 59.1. The summed E-state index contributed by atoms with van der Waals surface area (Å²) in [4.78, 5) is 104. The highest BCUT2D eigenvalue weighted by molar-refractivity contribution is 5.80. The van der Waals surface area contributed by atoms with E-state index in [0.29, 0.717) is 0 Å². The van der Waals surface area contributed by atoms with Crippen LogP contribution in [-0.4, -0.2) is 172 Å². The van der Waals surface area contributed by atoms with Crippen LogP contribution in [0, 0.1) is 0 Å². The SMILES string of the molecule is CO[C@@H]1O[C@H](CO[C@@H]2O[C@H](COC(C)=O)[C@H](OC(C)=O)[C@@H]3O[C@@]4(C[C@H](OC(C)=O)[C@@H](NC(C)=O)[C@H]([C@H](OC(C)=O)[C@@H](COC(C)=O)OC(C)=O)O4)C(=O)O[C@@H]23)[C@@H](OCc2ccccc2)[C@H](OCc2ccccc2)[C@H]1OCc1ccccc1. The zero-order valence-corrected chi connectivity index (χ0v) is 46.6. The summed E-state index contributed by atoms with van der Waals surface area (Å²) in [5.74, 6) is -10.2. The van der Waals surface area contributed by atoms with Gasteiger partial charge in [-0.2, -0.15) is 0 Å². The normalized spacial score (nSPS) is 29.3.